The van der Waals surface area contributed by atoms with E-state index in [2.05, 4.69) is 24.0 Å². The molecule has 26 heavy (non-hydrogen) atoms. The van der Waals surface area contributed by atoms with E-state index >= 15 is 0 Å². The molecule has 0 saturated heterocycles. The summed E-state index contributed by atoms with van der Waals surface area (Å²) in [7, 11) is 0. The van der Waals surface area contributed by atoms with E-state index in [0.29, 0.717) is 17.5 Å². The smallest absolute Gasteiger partial charge is 0.347 e. The quantitative estimate of drug-likeness (QED) is 0.458. The van der Waals surface area contributed by atoms with Crippen LogP contribution in [0, 0.1) is 6.92 Å². The molecule has 0 unspecified atom stereocenters. The number of carbonyl (C=O) groups is 1. The van der Waals surface area contributed by atoms with Gasteiger partial charge >= 0.3 is 5.97 Å². The number of nitrogens with zero attached hydrogens (tertiary/aromatic N) is 1. The number of ether oxygens (including phenoxy) is 2. The van der Waals surface area contributed by atoms with E-state index in [1.807, 2.05) is 30.3 Å². The van der Waals surface area contributed by atoms with Gasteiger partial charge in [-0.2, -0.15) is 0 Å². The first kappa shape index (κ1) is 18.2. The van der Waals surface area contributed by atoms with Crippen molar-refractivity contribution in [2.75, 3.05) is 6.61 Å². The molecule has 0 aliphatic heterocycles. The second-order valence-corrected chi connectivity index (χ2v) is 6.36. The Bertz CT molecular complexity index is 955. The Hall–Kier alpha value is -2.59. The van der Waals surface area contributed by atoms with Gasteiger partial charge in [0, 0.05) is 17.1 Å². The average Bonchev–Trinajstić information content (AvgIpc) is 2.63. The van der Waals surface area contributed by atoms with Gasteiger partial charge in [0.15, 0.2) is 6.10 Å². The van der Waals surface area contributed by atoms with E-state index in [9.17, 15) is 4.79 Å². The molecule has 0 N–H and O–H groups in total. The highest BCUT2D eigenvalue weighted by molar-refractivity contribution is 6.34. The highest BCUT2D eigenvalue weighted by Gasteiger charge is 2.17. The molecule has 5 heteroatoms. The van der Waals surface area contributed by atoms with Crippen molar-refractivity contribution in [1.82, 2.24) is 4.98 Å². The molecule has 0 saturated carbocycles. The molecule has 1 aromatic heterocycles. The minimum Gasteiger partial charge on any atom is -0.479 e. The van der Waals surface area contributed by atoms with Crippen LogP contribution < -0.4 is 4.74 Å². The standard InChI is InChI=1S/C21H20ClNO3/c1-4-25-21(24)14(3)26-15-9-10-17-18(11-15)20(22)23-12-19(17)16-8-6-5-7-13(16)2/h5-12,14H,4H2,1-3H3/t14-/m0/s1. The minimum atomic E-state index is -0.696. The number of rotatable bonds is 5. The summed E-state index contributed by atoms with van der Waals surface area (Å²) >= 11 is 6.32. The van der Waals surface area contributed by atoms with Gasteiger partial charge in [-0.1, -0.05) is 35.9 Å². The minimum absolute atomic E-state index is 0.319. The number of carbonyl (C=O) groups excluding carboxylic acids is 1. The number of hydrogen-bond donors (Lipinski definition) is 0. The third-order valence-electron chi connectivity index (χ3n) is 4.18. The van der Waals surface area contributed by atoms with Gasteiger partial charge < -0.3 is 9.47 Å². The lowest BCUT2D eigenvalue weighted by Gasteiger charge is -2.15. The van der Waals surface area contributed by atoms with Gasteiger partial charge in [0.1, 0.15) is 10.9 Å². The predicted octanol–water partition coefficient (Wildman–Crippen LogP) is 5.19. The van der Waals surface area contributed by atoms with Crippen molar-refractivity contribution in [2.45, 2.75) is 26.9 Å². The fourth-order valence-corrected chi connectivity index (χ4v) is 3.07. The summed E-state index contributed by atoms with van der Waals surface area (Å²) in [6.07, 6.45) is 1.09. The molecule has 0 fully saturated rings. The normalized spacial score (nSPS) is 12.0. The lowest BCUT2D eigenvalue weighted by atomic mass is 9.97. The third-order valence-corrected chi connectivity index (χ3v) is 4.48. The van der Waals surface area contributed by atoms with Gasteiger partial charge in [-0.25, -0.2) is 9.78 Å². The molecule has 4 nitrogen and oxygen atoms in total. The Kier molecular flexibility index (Phi) is 5.43. The summed E-state index contributed by atoms with van der Waals surface area (Å²) in [6, 6.07) is 13.7. The van der Waals surface area contributed by atoms with Crippen molar-refractivity contribution in [3.63, 3.8) is 0 Å². The van der Waals surface area contributed by atoms with Crippen LogP contribution in [0.1, 0.15) is 19.4 Å². The number of esters is 1. The zero-order valence-electron chi connectivity index (χ0n) is 15.0. The molecule has 0 spiro atoms. The van der Waals surface area contributed by atoms with Gasteiger partial charge in [-0.15, -0.1) is 0 Å². The Morgan fingerprint density at radius 3 is 2.65 bits per heavy atom. The highest BCUT2D eigenvalue weighted by Crippen LogP contribution is 2.35. The first-order valence-corrected chi connectivity index (χ1v) is 8.86. The molecule has 134 valence electrons. The fraction of sp³-hybridized carbons (Fsp3) is 0.238. The maximum Gasteiger partial charge on any atom is 0.347 e. The highest BCUT2D eigenvalue weighted by atomic mass is 35.5. The Morgan fingerprint density at radius 2 is 1.92 bits per heavy atom. The van der Waals surface area contributed by atoms with Crippen LogP contribution in [0.5, 0.6) is 5.75 Å². The number of halogens is 1. The van der Waals surface area contributed by atoms with Crippen molar-refractivity contribution in [3.05, 3.63) is 59.4 Å². The van der Waals surface area contributed by atoms with E-state index in [1.165, 1.54) is 0 Å². The lowest BCUT2D eigenvalue weighted by Crippen LogP contribution is -2.26. The molecule has 3 aromatic rings. The third kappa shape index (κ3) is 3.65. The van der Waals surface area contributed by atoms with E-state index in [4.69, 9.17) is 21.1 Å². The van der Waals surface area contributed by atoms with Gasteiger partial charge in [-0.05, 0) is 55.5 Å². The summed E-state index contributed by atoms with van der Waals surface area (Å²) in [5.74, 6) is 0.147. The van der Waals surface area contributed by atoms with E-state index < -0.39 is 12.1 Å². The molecular weight excluding hydrogens is 350 g/mol. The number of benzene rings is 2. The molecule has 0 aliphatic rings. The summed E-state index contributed by atoms with van der Waals surface area (Å²) in [4.78, 5) is 16.1. The topological polar surface area (TPSA) is 48.4 Å². The Labute approximate surface area is 157 Å². The molecule has 0 bridgehead atoms. The van der Waals surface area contributed by atoms with Crippen molar-refractivity contribution in [1.29, 1.82) is 0 Å². The van der Waals surface area contributed by atoms with Crippen LogP contribution in [0.3, 0.4) is 0 Å². The number of fused-ring (bicyclic) bond motifs is 1. The molecular formula is C21H20ClNO3. The first-order chi connectivity index (χ1) is 12.5. The SMILES string of the molecule is CCOC(=O)[C@H](C)Oc1ccc2c(-c3ccccc3C)cnc(Cl)c2c1. The van der Waals surface area contributed by atoms with Crippen LogP contribution in [0.2, 0.25) is 5.15 Å². The molecule has 1 heterocycles. The van der Waals surface area contributed by atoms with Gasteiger partial charge in [0.2, 0.25) is 0 Å². The van der Waals surface area contributed by atoms with Crippen LogP contribution in [0.4, 0.5) is 0 Å². The first-order valence-electron chi connectivity index (χ1n) is 8.48. The molecule has 0 aliphatic carbocycles. The van der Waals surface area contributed by atoms with Crippen molar-refractivity contribution in [2.24, 2.45) is 0 Å². The maximum absolute atomic E-state index is 11.8. The number of pyridine rings is 1. The maximum atomic E-state index is 11.8. The van der Waals surface area contributed by atoms with Crippen LogP contribution in [-0.2, 0) is 9.53 Å². The van der Waals surface area contributed by atoms with E-state index in [0.717, 1.165) is 27.5 Å². The summed E-state index contributed by atoms with van der Waals surface area (Å²) in [5.41, 5.74) is 3.27. The molecule has 0 amide bonds. The largest absolute Gasteiger partial charge is 0.479 e. The number of aromatic nitrogens is 1. The zero-order valence-corrected chi connectivity index (χ0v) is 15.7. The van der Waals surface area contributed by atoms with Crippen LogP contribution in [0.15, 0.2) is 48.7 Å². The second-order valence-electron chi connectivity index (χ2n) is 6.00. The Balaban J connectivity index is 2.02. The second kappa shape index (κ2) is 7.75. The average molecular weight is 370 g/mol. The van der Waals surface area contributed by atoms with Crippen molar-refractivity contribution >= 4 is 28.3 Å². The van der Waals surface area contributed by atoms with Gasteiger partial charge in [0.05, 0.1) is 6.61 Å². The van der Waals surface area contributed by atoms with Gasteiger partial charge in [-0.3, -0.25) is 0 Å². The van der Waals surface area contributed by atoms with Crippen LogP contribution in [-0.4, -0.2) is 23.7 Å². The lowest BCUT2D eigenvalue weighted by molar-refractivity contribution is -0.150. The molecule has 3 rings (SSSR count). The van der Waals surface area contributed by atoms with Crippen LogP contribution in [0.25, 0.3) is 21.9 Å². The van der Waals surface area contributed by atoms with Gasteiger partial charge in [0.25, 0.3) is 0 Å². The monoisotopic (exact) mass is 369 g/mol. The van der Waals surface area contributed by atoms with Crippen molar-refractivity contribution in [3.8, 4) is 16.9 Å². The summed E-state index contributed by atoms with van der Waals surface area (Å²) < 4.78 is 10.7. The number of hydrogen-bond acceptors (Lipinski definition) is 4. The van der Waals surface area contributed by atoms with E-state index in [1.54, 1.807) is 20.0 Å². The summed E-state index contributed by atoms with van der Waals surface area (Å²) in [5, 5.41) is 2.16. The van der Waals surface area contributed by atoms with Crippen LogP contribution >= 0.6 is 11.6 Å². The fourth-order valence-electron chi connectivity index (χ4n) is 2.86. The summed E-state index contributed by atoms with van der Waals surface area (Å²) in [6.45, 7) is 5.80. The molecule has 1 atom stereocenters. The number of aryl methyl sites for hydroxylation is 1. The molecule has 0 radical (unpaired) electrons. The van der Waals surface area contributed by atoms with Crippen molar-refractivity contribution < 1.29 is 14.3 Å². The van der Waals surface area contributed by atoms with E-state index in [-0.39, 0.29) is 0 Å². The Morgan fingerprint density at radius 1 is 1.15 bits per heavy atom. The predicted molar refractivity (Wildman–Crippen MR) is 104 cm³/mol. The molecule has 2 aromatic carbocycles. The zero-order chi connectivity index (χ0) is 18.7.